The number of rotatable bonds is 6. The van der Waals surface area contributed by atoms with Crippen molar-refractivity contribution < 1.29 is 14.7 Å². The van der Waals surface area contributed by atoms with Crippen LogP contribution in [0.5, 0.6) is 0 Å². The molecule has 1 unspecified atom stereocenters. The van der Waals surface area contributed by atoms with Crippen molar-refractivity contribution in [2.24, 2.45) is 0 Å². The van der Waals surface area contributed by atoms with E-state index in [-0.39, 0.29) is 18.4 Å². The molecule has 1 atom stereocenters. The predicted octanol–water partition coefficient (Wildman–Crippen LogP) is 2.55. The van der Waals surface area contributed by atoms with Crippen LogP contribution in [0.1, 0.15) is 44.9 Å². The molecule has 0 aliphatic heterocycles. The first kappa shape index (κ1) is 18.7. The molecule has 0 bridgehead atoms. The van der Waals surface area contributed by atoms with E-state index in [1.54, 1.807) is 36.2 Å². The molecule has 0 aromatic heterocycles. The molecule has 2 aromatic carbocycles. The van der Waals surface area contributed by atoms with Gasteiger partial charge in [0.15, 0.2) is 0 Å². The third-order valence-electron chi connectivity index (χ3n) is 4.12. The van der Waals surface area contributed by atoms with Gasteiger partial charge in [-0.05, 0) is 37.6 Å². The number of likely N-dealkylation sites (N-methyl/N-ethyl adjacent to an activating group) is 1. The standard InChI is InChI=1S/C20H24N2O3/c1-4-22(13-18(23)15-10-8-14(2)9-11-15)20(25)17-7-5-6-16(12-17)19(24)21-3/h5-12,18,23H,4,13H2,1-3H3,(H,21,24). The van der Waals surface area contributed by atoms with Gasteiger partial charge in [0.1, 0.15) is 0 Å². The average Bonchev–Trinajstić information content (AvgIpc) is 2.65. The highest BCUT2D eigenvalue weighted by molar-refractivity contribution is 5.99. The number of nitrogens with one attached hydrogen (secondary N) is 1. The number of carbonyl (C=O) groups is 2. The number of amides is 2. The maximum Gasteiger partial charge on any atom is 0.253 e. The molecule has 2 rings (SSSR count). The van der Waals surface area contributed by atoms with Crippen LogP contribution in [0.3, 0.4) is 0 Å². The number of hydrogen-bond acceptors (Lipinski definition) is 3. The zero-order valence-electron chi connectivity index (χ0n) is 14.8. The molecule has 0 saturated carbocycles. The molecular formula is C20H24N2O3. The lowest BCUT2D eigenvalue weighted by Gasteiger charge is -2.24. The van der Waals surface area contributed by atoms with Gasteiger partial charge in [0, 0.05) is 24.7 Å². The smallest absolute Gasteiger partial charge is 0.253 e. The van der Waals surface area contributed by atoms with Crippen LogP contribution in [0.15, 0.2) is 48.5 Å². The van der Waals surface area contributed by atoms with Crippen molar-refractivity contribution >= 4 is 11.8 Å². The first-order valence-electron chi connectivity index (χ1n) is 8.32. The number of aliphatic hydroxyl groups is 1. The number of nitrogens with zero attached hydrogens (tertiary/aromatic N) is 1. The third kappa shape index (κ3) is 4.67. The van der Waals surface area contributed by atoms with Crippen molar-refractivity contribution in [3.05, 3.63) is 70.8 Å². The Morgan fingerprint density at radius 2 is 1.76 bits per heavy atom. The van der Waals surface area contributed by atoms with Gasteiger partial charge in [-0.25, -0.2) is 0 Å². The molecule has 5 heteroatoms. The van der Waals surface area contributed by atoms with E-state index in [1.165, 1.54) is 0 Å². The van der Waals surface area contributed by atoms with Gasteiger partial charge in [-0.1, -0.05) is 35.9 Å². The summed E-state index contributed by atoms with van der Waals surface area (Å²) >= 11 is 0. The maximum atomic E-state index is 12.7. The number of benzene rings is 2. The largest absolute Gasteiger partial charge is 0.387 e. The Balaban J connectivity index is 2.15. The summed E-state index contributed by atoms with van der Waals surface area (Å²) < 4.78 is 0. The van der Waals surface area contributed by atoms with Crippen LogP contribution in [0.25, 0.3) is 0 Å². The van der Waals surface area contributed by atoms with Gasteiger partial charge in [0.2, 0.25) is 0 Å². The SMILES string of the molecule is CCN(CC(O)c1ccc(C)cc1)C(=O)c1cccc(C(=O)NC)c1. The molecule has 0 fully saturated rings. The Morgan fingerprint density at radius 1 is 1.12 bits per heavy atom. The van der Waals surface area contributed by atoms with Gasteiger partial charge in [-0.3, -0.25) is 9.59 Å². The second-order valence-electron chi connectivity index (χ2n) is 5.93. The van der Waals surface area contributed by atoms with Crippen molar-refractivity contribution in [3.63, 3.8) is 0 Å². The summed E-state index contributed by atoms with van der Waals surface area (Å²) in [6.45, 7) is 4.51. The van der Waals surface area contributed by atoms with Crippen molar-refractivity contribution in [2.75, 3.05) is 20.1 Å². The molecule has 2 N–H and O–H groups in total. The van der Waals surface area contributed by atoms with Gasteiger partial charge in [-0.2, -0.15) is 0 Å². The second-order valence-corrected chi connectivity index (χ2v) is 5.93. The van der Waals surface area contributed by atoms with Crippen LogP contribution in [0.4, 0.5) is 0 Å². The van der Waals surface area contributed by atoms with Crippen LogP contribution in [0.2, 0.25) is 0 Å². The minimum Gasteiger partial charge on any atom is -0.387 e. The fourth-order valence-corrected chi connectivity index (χ4v) is 2.58. The maximum absolute atomic E-state index is 12.7. The zero-order chi connectivity index (χ0) is 18.4. The van der Waals surface area contributed by atoms with Gasteiger partial charge < -0.3 is 15.3 Å². The van der Waals surface area contributed by atoms with E-state index in [0.29, 0.717) is 17.7 Å². The molecule has 2 aromatic rings. The highest BCUT2D eigenvalue weighted by Crippen LogP contribution is 2.17. The fourth-order valence-electron chi connectivity index (χ4n) is 2.58. The van der Waals surface area contributed by atoms with Crippen molar-refractivity contribution in [3.8, 4) is 0 Å². The lowest BCUT2D eigenvalue weighted by Crippen LogP contribution is -2.34. The monoisotopic (exact) mass is 340 g/mol. The summed E-state index contributed by atoms with van der Waals surface area (Å²) in [7, 11) is 1.55. The summed E-state index contributed by atoms with van der Waals surface area (Å²) in [5, 5.41) is 13.0. The van der Waals surface area contributed by atoms with Crippen molar-refractivity contribution in [1.82, 2.24) is 10.2 Å². The highest BCUT2D eigenvalue weighted by atomic mass is 16.3. The van der Waals surface area contributed by atoms with Gasteiger partial charge in [0.25, 0.3) is 11.8 Å². The summed E-state index contributed by atoms with van der Waals surface area (Å²) in [6.07, 6.45) is -0.758. The van der Waals surface area contributed by atoms with Gasteiger partial charge in [-0.15, -0.1) is 0 Å². The van der Waals surface area contributed by atoms with Crippen LogP contribution in [-0.4, -0.2) is 42.0 Å². The van der Waals surface area contributed by atoms with Crippen molar-refractivity contribution in [2.45, 2.75) is 20.0 Å². The molecule has 0 spiro atoms. The minimum absolute atomic E-state index is 0.197. The Morgan fingerprint density at radius 3 is 2.36 bits per heavy atom. The number of carbonyl (C=O) groups excluding carboxylic acids is 2. The summed E-state index contributed by atoms with van der Waals surface area (Å²) in [5.74, 6) is -0.447. The lowest BCUT2D eigenvalue weighted by molar-refractivity contribution is 0.0635. The van der Waals surface area contributed by atoms with Crippen LogP contribution < -0.4 is 5.32 Å². The summed E-state index contributed by atoms with van der Waals surface area (Å²) in [6, 6.07) is 14.2. The molecule has 0 heterocycles. The van der Waals surface area contributed by atoms with E-state index in [4.69, 9.17) is 0 Å². The highest BCUT2D eigenvalue weighted by Gasteiger charge is 2.19. The normalized spacial score (nSPS) is 11.7. The Kier molecular flexibility index (Phi) is 6.31. The van der Waals surface area contributed by atoms with Crippen molar-refractivity contribution in [1.29, 1.82) is 0 Å². The van der Waals surface area contributed by atoms with E-state index in [1.807, 2.05) is 38.1 Å². The molecular weight excluding hydrogens is 316 g/mol. The molecule has 0 saturated heterocycles. The average molecular weight is 340 g/mol. The van der Waals surface area contributed by atoms with E-state index in [2.05, 4.69) is 5.32 Å². The molecule has 2 amide bonds. The fraction of sp³-hybridized carbons (Fsp3) is 0.300. The van der Waals surface area contributed by atoms with E-state index in [0.717, 1.165) is 11.1 Å². The Hall–Kier alpha value is -2.66. The van der Waals surface area contributed by atoms with E-state index >= 15 is 0 Å². The lowest BCUT2D eigenvalue weighted by atomic mass is 10.1. The Labute approximate surface area is 148 Å². The zero-order valence-corrected chi connectivity index (χ0v) is 14.8. The molecule has 0 aliphatic rings. The number of hydrogen-bond donors (Lipinski definition) is 2. The predicted molar refractivity (Wildman–Crippen MR) is 97.5 cm³/mol. The van der Waals surface area contributed by atoms with E-state index < -0.39 is 6.10 Å². The molecule has 25 heavy (non-hydrogen) atoms. The Bertz CT molecular complexity index is 741. The molecule has 0 aliphatic carbocycles. The van der Waals surface area contributed by atoms with Crippen LogP contribution in [-0.2, 0) is 0 Å². The summed E-state index contributed by atoms with van der Waals surface area (Å²) in [5.41, 5.74) is 2.75. The molecule has 132 valence electrons. The van der Waals surface area contributed by atoms with Gasteiger partial charge >= 0.3 is 0 Å². The number of aliphatic hydroxyl groups excluding tert-OH is 1. The molecule has 5 nitrogen and oxygen atoms in total. The quantitative estimate of drug-likeness (QED) is 0.849. The third-order valence-corrected chi connectivity index (χ3v) is 4.12. The van der Waals surface area contributed by atoms with Crippen LogP contribution in [0, 0.1) is 6.92 Å². The summed E-state index contributed by atoms with van der Waals surface area (Å²) in [4.78, 5) is 26.1. The minimum atomic E-state index is -0.758. The second kappa shape index (κ2) is 8.44. The number of aryl methyl sites for hydroxylation is 1. The topological polar surface area (TPSA) is 69.6 Å². The first-order chi connectivity index (χ1) is 12.0. The van der Waals surface area contributed by atoms with E-state index in [9.17, 15) is 14.7 Å². The first-order valence-corrected chi connectivity index (χ1v) is 8.32. The van der Waals surface area contributed by atoms with Crippen LogP contribution >= 0.6 is 0 Å². The van der Waals surface area contributed by atoms with Gasteiger partial charge in [0.05, 0.1) is 12.6 Å². The molecule has 0 radical (unpaired) electrons.